The number of carbonyl (C=O) groups excluding carboxylic acids is 1. The number of hydrogen-bond acceptors (Lipinski definition) is 6. The average molecular weight is 458 g/mol. The van der Waals surface area contributed by atoms with Gasteiger partial charge in [-0.25, -0.2) is 4.68 Å². The van der Waals surface area contributed by atoms with Crippen molar-refractivity contribution in [1.29, 1.82) is 0 Å². The fourth-order valence-corrected chi connectivity index (χ4v) is 4.72. The number of carbonyl (C=O) groups is 1. The average Bonchev–Trinajstić information content (AvgIpc) is 3.18. The Morgan fingerprint density at radius 1 is 1.23 bits per heavy atom. The first-order valence-corrected chi connectivity index (χ1v) is 11.4. The molecule has 162 valence electrons. The molecule has 9 heteroatoms. The molecule has 1 aliphatic heterocycles. The van der Waals surface area contributed by atoms with Gasteiger partial charge in [-0.3, -0.25) is 4.79 Å². The standard InChI is InChI=1S/C22H24ClN5O2S/c1-4-18-25-26-22-28(18)27-19(14-7-10-16(11-8-14)30-5-2)20(31-22)21(29)24-17-12-15(23)9-6-13(17)3/h6-12,19-20,27H,4-5H2,1-3H3,(H,24,29)/t19-,20+/m0/s1. The second kappa shape index (κ2) is 9.20. The molecule has 4 rings (SSSR count). The summed E-state index contributed by atoms with van der Waals surface area (Å²) < 4.78 is 7.44. The Hall–Kier alpha value is -2.71. The zero-order valence-corrected chi connectivity index (χ0v) is 19.1. The van der Waals surface area contributed by atoms with Crippen LogP contribution in [0.5, 0.6) is 5.75 Å². The number of rotatable bonds is 6. The molecular formula is C22H24ClN5O2S. The molecule has 7 nitrogen and oxygen atoms in total. The molecule has 0 saturated heterocycles. The Labute approximate surface area is 190 Å². The van der Waals surface area contributed by atoms with Crippen LogP contribution in [-0.2, 0) is 11.2 Å². The number of nitrogens with one attached hydrogen (secondary N) is 2. The molecule has 3 aromatic rings. The summed E-state index contributed by atoms with van der Waals surface area (Å²) >= 11 is 7.53. The maximum absolute atomic E-state index is 13.4. The highest BCUT2D eigenvalue weighted by Gasteiger charge is 2.37. The predicted octanol–water partition coefficient (Wildman–Crippen LogP) is 4.60. The lowest BCUT2D eigenvalue weighted by Gasteiger charge is -2.33. The number of fused-ring (bicyclic) bond motifs is 1. The van der Waals surface area contributed by atoms with Crippen molar-refractivity contribution in [3.05, 3.63) is 64.4 Å². The quantitative estimate of drug-likeness (QED) is 0.563. The first-order valence-electron chi connectivity index (χ1n) is 10.2. The summed E-state index contributed by atoms with van der Waals surface area (Å²) in [6.07, 6.45) is 0.731. The molecule has 1 aliphatic rings. The number of hydrogen-bond donors (Lipinski definition) is 2. The molecule has 0 spiro atoms. The number of aryl methyl sites for hydroxylation is 2. The van der Waals surface area contributed by atoms with E-state index in [0.29, 0.717) is 22.5 Å². The molecule has 0 radical (unpaired) electrons. The maximum Gasteiger partial charge on any atom is 0.240 e. The summed E-state index contributed by atoms with van der Waals surface area (Å²) in [7, 11) is 0. The molecule has 0 aliphatic carbocycles. The van der Waals surface area contributed by atoms with Crippen molar-refractivity contribution in [2.75, 3.05) is 17.3 Å². The van der Waals surface area contributed by atoms with Crippen LogP contribution < -0.4 is 15.5 Å². The van der Waals surface area contributed by atoms with Gasteiger partial charge in [0.1, 0.15) is 11.0 Å². The molecule has 2 aromatic carbocycles. The first kappa shape index (κ1) is 21.5. The highest BCUT2D eigenvalue weighted by atomic mass is 35.5. The number of aromatic nitrogens is 3. The number of ether oxygens (including phenoxy) is 1. The van der Waals surface area contributed by atoms with Crippen molar-refractivity contribution in [3.8, 4) is 5.75 Å². The number of thioether (sulfide) groups is 1. The van der Waals surface area contributed by atoms with Crippen LogP contribution >= 0.6 is 23.4 Å². The molecule has 1 amide bonds. The van der Waals surface area contributed by atoms with E-state index in [1.165, 1.54) is 11.8 Å². The van der Waals surface area contributed by atoms with Crippen LogP contribution in [0, 0.1) is 6.92 Å². The van der Waals surface area contributed by atoms with Gasteiger partial charge in [0.05, 0.1) is 12.6 Å². The molecule has 0 bridgehead atoms. The molecule has 0 fully saturated rings. The second-order valence-corrected chi connectivity index (χ2v) is 8.73. The Balaban J connectivity index is 1.66. The zero-order chi connectivity index (χ0) is 22.0. The number of anilines is 1. The van der Waals surface area contributed by atoms with Crippen LogP contribution in [-0.4, -0.2) is 32.6 Å². The third-order valence-electron chi connectivity index (χ3n) is 5.09. The SMILES string of the molecule is CCOc1ccc([C@@H]2Nn3c(CC)nnc3S[C@H]2C(=O)Nc2cc(Cl)ccc2C)cc1. The maximum atomic E-state index is 13.4. The summed E-state index contributed by atoms with van der Waals surface area (Å²) in [6, 6.07) is 13.0. The zero-order valence-electron chi connectivity index (χ0n) is 17.6. The van der Waals surface area contributed by atoms with Gasteiger partial charge in [-0.15, -0.1) is 10.2 Å². The van der Waals surface area contributed by atoms with Crippen LogP contribution in [0.3, 0.4) is 0 Å². The Morgan fingerprint density at radius 2 is 2.00 bits per heavy atom. The number of nitrogens with zero attached hydrogens (tertiary/aromatic N) is 3. The van der Waals surface area contributed by atoms with E-state index in [1.54, 1.807) is 12.1 Å². The van der Waals surface area contributed by atoms with Gasteiger partial charge < -0.3 is 15.5 Å². The minimum Gasteiger partial charge on any atom is -0.494 e. The minimum absolute atomic E-state index is 0.131. The lowest BCUT2D eigenvalue weighted by Crippen LogP contribution is -2.41. The van der Waals surface area contributed by atoms with Gasteiger partial charge in [-0.1, -0.05) is 48.5 Å². The lowest BCUT2D eigenvalue weighted by atomic mass is 10.0. The fourth-order valence-electron chi connectivity index (χ4n) is 3.45. The van der Waals surface area contributed by atoms with E-state index in [0.717, 1.165) is 29.1 Å². The van der Waals surface area contributed by atoms with Gasteiger partial charge in [0.2, 0.25) is 11.1 Å². The molecule has 1 aromatic heterocycles. The topological polar surface area (TPSA) is 81.1 Å². The molecular weight excluding hydrogens is 434 g/mol. The highest BCUT2D eigenvalue weighted by molar-refractivity contribution is 8.00. The normalized spacial score (nSPS) is 17.5. The molecule has 2 heterocycles. The van der Waals surface area contributed by atoms with E-state index in [2.05, 4.69) is 20.9 Å². The molecule has 31 heavy (non-hydrogen) atoms. The van der Waals surface area contributed by atoms with Gasteiger partial charge in [0.25, 0.3) is 0 Å². The molecule has 2 atom stereocenters. The van der Waals surface area contributed by atoms with Crippen LogP contribution in [0.15, 0.2) is 47.6 Å². The van der Waals surface area contributed by atoms with Crippen molar-refractivity contribution < 1.29 is 9.53 Å². The Morgan fingerprint density at radius 3 is 2.71 bits per heavy atom. The Bertz CT molecular complexity index is 1090. The predicted molar refractivity (Wildman–Crippen MR) is 124 cm³/mol. The van der Waals surface area contributed by atoms with Gasteiger partial charge in [0.15, 0.2) is 5.82 Å². The van der Waals surface area contributed by atoms with Crippen molar-refractivity contribution in [3.63, 3.8) is 0 Å². The summed E-state index contributed by atoms with van der Waals surface area (Å²) in [5.41, 5.74) is 6.07. The number of amides is 1. The summed E-state index contributed by atoms with van der Waals surface area (Å²) in [5, 5.41) is 12.3. The first-order chi connectivity index (χ1) is 15.0. The van der Waals surface area contributed by atoms with Crippen LogP contribution in [0.1, 0.15) is 36.8 Å². The van der Waals surface area contributed by atoms with Crippen molar-refractivity contribution in [2.24, 2.45) is 0 Å². The second-order valence-electron chi connectivity index (χ2n) is 7.18. The van der Waals surface area contributed by atoms with Gasteiger partial charge in [-0.05, 0) is 49.2 Å². The lowest BCUT2D eigenvalue weighted by molar-refractivity contribution is -0.116. The van der Waals surface area contributed by atoms with Gasteiger partial charge in [0, 0.05) is 17.1 Å². The minimum atomic E-state index is -0.460. The summed E-state index contributed by atoms with van der Waals surface area (Å²) in [4.78, 5) is 13.4. The third kappa shape index (κ3) is 4.50. The smallest absolute Gasteiger partial charge is 0.240 e. The fraction of sp³-hybridized carbons (Fsp3) is 0.318. The Kier molecular flexibility index (Phi) is 6.38. The van der Waals surface area contributed by atoms with E-state index in [-0.39, 0.29) is 11.9 Å². The monoisotopic (exact) mass is 457 g/mol. The molecule has 0 unspecified atom stereocenters. The van der Waals surface area contributed by atoms with Crippen LogP contribution in [0.2, 0.25) is 5.02 Å². The van der Waals surface area contributed by atoms with E-state index in [9.17, 15) is 4.79 Å². The third-order valence-corrected chi connectivity index (χ3v) is 6.54. The number of halogens is 1. The van der Waals surface area contributed by atoms with Crippen molar-refractivity contribution in [1.82, 2.24) is 14.9 Å². The van der Waals surface area contributed by atoms with E-state index < -0.39 is 5.25 Å². The van der Waals surface area contributed by atoms with Gasteiger partial charge >= 0.3 is 0 Å². The van der Waals surface area contributed by atoms with E-state index >= 15 is 0 Å². The van der Waals surface area contributed by atoms with Crippen molar-refractivity contribution >= 4 is 35.0 Å². The summed E-state index contributed by atoms with van der Waals surface area (Å²) in [6.45, 7) is 6.51. The van der Waals surface area contributed by atoms with Crippen LogP contribution in [0.4, 0.5) is 5.69 Å². The van der Waals surface area contributed by atoms with E-state index in [4.69, 9.17) is 16.3 Å². The van der Waals surface area contributed by atoms with E-state index in [1.807, 2.05) is 55.8 Å². The molecule has 0 saturated carbocycles. The van der Waals surface area contributed by atoms with Crippen molar-refractivity contribution in [2.45, 2.75) is 43.6 Å². The molecule has 2 N–H and O–H groups in total. The highest BCUT2D eigenvalue weighted by Crippen LogP contribution is 2.38. The largest absolute Gasteiger partial charge is 0.494 e. The van der Waals surface area contributed by atoms with Gasteiger partial charge in [-0.2, -0.15) is 0 Å². The summed E-state index contributed by atoms with van der Waals surface area (Å²) in [5.74, 6) is 1.49. The number of benzene rings is 2. The van der Waals surface area contributed by atoms with Crippen LogP contribution in [0.25, 0.3) is 0 Å².